The van der Waals surface area contributed by atoms with E-state index in [0.717, 1.165) is 27.8 Å². The van der Waals surface area contributed by atoms with E-state index in [9.17, 15) is 19.5 Å². The molecule has 2 aromatic carbocycles. The summed E-state index contributed by atoms with van der Waals surface area (Å²) in [5, 5.41) is 11.8. The summed E-state index contributed by atoms with van der Waals surface area (Å²) in [5.74, 6) is -1.17. The quantitative estimate of drug-likeness (QED) is 0.593. The average Bonchev–Trinajstić information content (AvgIpc) is 2.93. The molecule has 0 saturated carbocycles. The first-order valence-corrected chi connectivity index (χ1v) is 9.32. The molecule has 0 radical (unpaired) electrons. The molecule has 1 saturated heterocycles. The van der Waals surface area contributed by atoms with Crippen molar-refractivity contribution in [3.63, 3.8) is 0 Å². The number of phenolic OH excluding ortho intramolecular Hbond substituents is 1. The van der Waals surface area contributed by atoms with Crippen LogP contribution in [-0.4, -0.2) is 33.6 Å². The van der Waals surface area contributed by atoms with Gasteiger partial charge in [0.25, 0.3) is 11.1 Å². The third-order valence-electron chi connectivity index (χ3n) is 3.94. The molecule has 28 heavy (non-hydrogen) atoms. The summed E-state index contributed by atoms with van der Waals surface area (Å²) in [6.45, 7) is 1.40. The number of imide groups is 1. The number of allylic oxidation sites excluding steroid dienone is 2. The number of carbonyl (C=O) groups excluding carboxylic acids is 3. The number of nitrogens with one attached hydrogen (secondary N) is 1. The van der Waals surface area contributed by atoms with Gasteiger partial charge in [0.05, 0.1) is 10.6 Å². The molecule has 0 atom stereocenters. The Morgan fingerprint density at radius 2 is 1.93 bits per heavy atom. The van der Waals surface area contributed by atoms with Gasteiger partial charge in [-0.15, -0.1) is 0 Å². The monoisotopic (exact) mass is 394 g/mol. The van der Waals surface area contributed by atoms with E-state index in [1.54, 1.807) is 24.3 Å². The first-order chi connectivity index (χ1) is 13.4. The SMILES string of the molecule is Cc1ccc(O)c(NC(=O)CN2C(=O)S/C(=C\C=C\c3ccccc3)C2=O)c1. The van der Waals surface area contributed by atoms with Crippen molar-refractivity contribution in [2.24, 2.45) is 0 Å². The van der Waals surface area contributed by atoms with Gasteiger partial charge in [-0.3, -0.25) is 19.3 Å². The van der Waals surface area contributed by atoms with Crippen LogP contribution in [0.25, 0.3) is 6.08 Å². The van der Waals surface area contributed by atoms with Crippen LogP contribution >= 0.6 is 11.8 Å². The Morgan fingerprint density at radius 1 is 1.18 bits per heavy atom. The highest BCUT2D eigenvalue weighted by Crippen LogP contribution is 2.31. The number of carbonyl (C=O) groups is 3. The molecule has 6 nitrogen and oxygen atoms in total. The predicted molar refractivity (Wildman–Crippen MR) is 110 cm³/mol. The Hall–Kier alpha value is -3.32. The van der Waals surface area contributed by atoms with Crippen molar-refractivity contribution >= 4 is 40.6 Å². The highest BCUT2D eigenvalue weighted by Gasteiger charge is 2.36. The van der Waals surface area contributed by atoms with E-state index in [1.165, 1.54) is 6.07 Å². The second-order valence-corrected chi connectivity index (χ2v) is 7.12. The molecule has 2 aromatic rings. The van der Waals surface area contributed by atoms with Crippen LogP contribution in [0.4, 0.5) is 10.5 Å². The molecule has 0 aliphatic carbocycles. The van der Waals surface area contributed by atoms with E-state index in [0.29, 0.717) is 0 Å². The fourth-order valence-electron chi connectivity index (χ4n) is 2.54. The predicted octanol–water partition coefficient (Wildman–Crippen LogP) is 3.93. The lowest BCUT2D eigenvalue weighted by molar-refractivity contribution is -0.127. The molecule has 7 heteroatoms. The summed E-state index contributed by atoms with van der Waals surface area (Å²) >= 11 is 0.789. The van der Waals surface area contributed by atoms with Crippen LogP contribution in [0.1, 0.15) is 11.1 Å². The van der Waals surface area contributed by atoms with Crippen molar-refractivity contribution in [1.82, 2.24) is 4.90 Å². The number of hydrogen-bond acceptors (Lipinski definition) is 5. The smallest absolute Gasteiger partial charge is 0.294 e. The maximum Gasteiger partial charge on any atom is 0.294 e. The number of hydrogen-bond donors (Lipinski definition) is 2. The molecule has 142 valence electrons. The molecule has 1 fully saturated rings. The van der Waals surface area contributed by atoms with E-state index in [-0.39, 0.29) is 16.3 Å². The number of rotatable bonds is 5. The van der Waals surface area contributed by atoms with E-state index < -0.39 is 23.6 Å². The van der Waals surface area contributed by atoms with Crippen LogP contribution in [0.5, 0.6) is 5.75 Å². The van der Waals surface area contributed by atoms with E-state index in [4.69, 9.17) is 0 Å². The van der Waals surface area contributed by atoms with Crippen LogP contribution in [-0.2, 0) is 9.59 Å². The zero-order valence-electron chi connectivity index (χ0n) is 15.1. The Balaban J connectivity index is 1.65. The molecule has 1 heterocycles. The van der Waals surface area contributed by atoms with E-state index >= 15 is 0 Å². The van der Waals surface area contributed by atoms with Gasteiger partial charge in [0.15, 0.2) is 0 Å². The van der Waals surface area contributed by atoms with Crippen LogP contribution in [0.3, 0.4) is 0 Å². The summed E-state index contributed by atoms with van der Waals surface area (Å²) in [7, 11) is 0. The van der Waals surface area contributed by atoms with E-state index in [1.807, 2.05) is 43.3 Å². The highest BCUT2D eigenvalue weighted by molar-refractivity contribution is 8.18. The Kier molecular flexibility index (Phi) is 5.96. The molecule has 1 aliphatic heterocycles. The molecule has 0 unspecified atom stereocenters. The van der Waals surface area contributed by atoms with Crippen molar-refractivity contribution in [1.29, 1.82) is 0 Å². The number of aromatic hydroxyl groups is 1. The Labute approximate surface area is 166 Å². The van der Waals surface area contributed by atoms with Crippen LogP contribution in [0.15, 0.2) is 65.6 Å². The summed E-state index contributed by atoms with van der Waals surface area (Å²) in [6.07, 6.45) is 5.07. The van der Waals surface area contributed by atoms with Gasteiger partial charge >= 0.3 is 0 Å². The van der Waals surface area contributed by atoms with Gasteiger partial charge in [-0.05, 0) is 48.0 Å². The van der Waals surface area contributed by atoms with Gasteiger partial charge in [-0.25, -0.2) is 0 Å². The topological polar surface area (TPSA) is 86.7 Å². The largest absolute Gasteiger partial charge is 0.506 e. The fraction of sp³-hybridized carbons (Fsp3) is 0.0952. The molecule has 0 bridgehead atoms. The second kappa shape index (κ2) is 8.58. The van der Waals surface area contributed by atoms with Crippen LogP contribution in [0.2, 0.25) is 0 Å². The Bertz CT molecular complexity index is 983. The molecular weight excluding hydrogens is 376 g/mol. The second-order valence-electron chi connectivity index (χ2n) is 6.13. The lowest BCUT2D eigenvalue weighted by Gasteiger charge is -2.13. The standard InChI is InChI=1S/C21H18N2O4S/c1-14-10-11-17(24)16(12-14)22-19(25)13-23-20(26)18(28-21(23)27)9-5-8-15-6-3-2-4-7-15/h2-12,24H,13H2,1H3,(H,22,25)/b8-5+,18-9-. The number of anilines is 1. The summed E-state index contributed by atoms with van der Waals surface area (Å²) in [5.41, 5.74) is 2.06. The summed E-state index contributed by atoms with van der Waals surface area (Å²) in [6, 6.07) is 14.3. The number of amides is 3. The normalized spacial score (nSPS) is 15.6. The lowest BCUT2D eigenvalue weighted by atomic mass is 10.2. The third kappa shape index (κ3) is 4.69. The van der Waals surface area contributed by atoms with Crippen LogP contribution < -0.4 is 5.32 Å². The zero-order chi connectivity index (χ0) is 20.1. The molecule has 3 amide bonds. The van der Waals surface area contributed by atoms with Crippen molar-refractivity contribution in [2.45, 2.75) is 6.92 Å². The third-order valence-corrected chi connectivity index (χ3v) is 4.86. The average molecular weight is 394 g/mol. The fourth-order valence-corrected chi connectivity index (χ4v) is 3.33. The summed E-state index contributed by atoms with van der Waals surface area (Å²) < 4.78 is 0. The zero-order valence-corrected chi connectivity index (χ0v) is 15.9. The van der Waals surface area contributed by atoms with Gasteiger partial charge in [-0.2, -0.15) is 0 Å². The number of benzene rings is 2. The van der Waals surface area contributed by atoms with Gasteiger partial charge in [0.1, 0.15) is 12.3 Å². The van der Waals surface area contributed by atoms with Crippen molar-refractivity contribution in [3.05, 3.63) is 76.7 Å². The number of phenols is 1. The molecular formula is C21H18N2O4S. The van der Waals surface area contributed by atoms with Crippen molar-refractivity contribution in [3.8, 4) is 5.75 Å². The van der Waals surface area contributed by atoms with Gasteiger partial charge in [-0.1, -0.05) is 48.6 Å². The number of nitrogens with zero attached hydrogens (tertiary/aromatic N) is 1. The summed E-state index contributed by atoms with van der Waals surface area (Å²) in [4.78, 5) is 37.9. The Morgan fingerprint density at radius 3 is 2.68 bits per heavy atom. The molecule has 1 aliphatic rings. The maximum absolute atomic E-state index is 12.4. The van der Waals surface area contributed by atoms with Crippen molar-refractivity contribution < 1.29 is 19.5 Å². The molecule has 0 aromatic heterocycles. The lowest BCUT2D eigenvalue weighted by Crippen LogP contribution is -2.36. The molecule has 2 N–H and O–H groups in total. The number of thioether (sulfide) groups is 1. The first kappa shape index (κ1) is 19.4. The molecule has 3 rings (SSSR count). The number of aryl methyl sites for hydroxylation is 1. The minimum Gasteiger partial charge on any atom is -0.506 e. The van der Waals surface area contributed by atoms with Crippen LogP contribution in [0, 0.1) is 6.92 Å². The minimum atomic E-state index is -0.565. The molecule has 0 spiro atoms. The van der Waals surface area contributed by atoms with Gasteiger partial charge < -0.3 is 10.4 Å². The maximum atomic E-state index is 12.4. The first-order valence-electron chi connectivity index (χ1n) is 8.50. The van der Waals surface area contributed by atoms with Gasteiger partial charge in [0, 0.05) is 0 Å². The van der Waals surface area contributed by atoms with Gasteiger partial charge in [0.2, 0.25) is 5.91 Å². The minimum absolute atomic E-state index is 0.0842. The highest BCUT2D eigenvalue weighted by atomic mass is 32.2. The van der Waals surface area contributed by atoms with Crippen molar-refractivity contribution in [2.75, 3.05) is 11.9 Å². The van der Waals surface area contributed by atoms with E-state index in [2.05, 4.69) is 5.32 Å².